The van der Waals surface area contributed by atoms with E-state index in [0.29, 0.717) is 17.4 Å². The van der Waals surface area contributed by atoms with E-state index in [1.54, 1.807) is 0 Å². The molecule has 0 spiro atoms. The summed E-state index contributed by atoms with van der Waals surface area (Å²) in [5, 5.41) is 0. The highest BCUT2D eigenvalue weighted by atomic mass is 28.4. The Labute approximate surface area is 139 Å². The van der Waals surface area contributed by atoms with Crippen molar-refractivity contribution in [2.75, 3.05) is 13.2 Å². The molecule has 1 fully saturated rings. The molecule has 3 nitrogen and oxygen atoms in total. The molecular weight excluding hydrogens is 290 g/mol. The van der Waals surface area contributed by atoms with Crippen LogP contribution < -0.4 is 4.98 Å². The molecule has 22 heavy (non-hydrogen) atoms. The average Bonchev–Trinajstić information content (AvgIpc) is 2.41. The van der Waals surface area contributed by atoms with Gasteiger partial charge in [-0.15, -0.1) is 0 Å². The summed E-state index contributed by atoms with van der Waals surface area (Å²) in [6, 6.07) is 0. The SMILES string of the molecule is CCCO[Si](NC(C)(C)C)(OCCC)C1C(C)CCCC1C. The molecule has 1 aliphatic rings. The van der Waals surface area contributed by atoms with E-state index in [9.17, 15) is 0 Å². The summed E-state index contributed by atoms with van der Waals surface area (Å²) < 4.78 is 13.1. The summed E-state index contributed by atoms with van der Waals surface area (Å²) in [7, 11) is -2.45. The summed E-state index contributed by atoms with van der Waals surface area (Å²) in [5.41, 5.74) is 0.559. The first-order valence-corrected chi connectivity index (χ1v) is 11.2. The fourth-order valence-corrected chi connectivity index (χ4v) is 8.52. The number of hydrogen-bond acceptors (Lipinski definition) is 3. The van der Waals surface area contributed by atoms with Gasteiger partial charge in [0.25, 0.3) is 0 Å². The average molecular weight is 330 g/mol. The van der Waals surface area contributed by atoms with Crippen molar-refractivity contribution in [3.63, 3.8) is 0 Å². The van der Waals surface area contributed by atoms with Crippen LogP contribution in [0, 0.1) is 11.8 Å². The van der Waals surface area contributed by atoms with Crippen molar-refractivity contribution >= 4 is 8.72 Å². The van der Waals surface area contributed by atoms with Crippen molar-refractivity contribution in [2.24, 2.45) is 11.8 Å². The molecule has 0 heterocycles. The van der Waals surface area contributed by atoms with Crippen LogP contribution in [0.4, 0.5) is 0 Å². The van der Waals surface area contributed by atoms with Crippen molar-refractivity contribution in [1.82, 2.24) is 4.98 Å². The van der Waals surface area contributed by atoms with Gasteiger partial charge < -0.3 is 8.85 Å². The van der Waals surface area contributed by atoms with Crippen molar-refractivity contribution in [3.05, 3.63) is 0 Å². The van der Waals surface area contributed by atoms with Crippen LogP contribution in [0.3, 0.4) is 0 Å². The molecular formula is C18H39NO2Si. The standard InChI is InChI=1S/C18H39NO2Si/c1-8-13-20-22(21-14-9-2,19-18(5,6)7)17-15(3)11-10-12-16(17)4/h15-17,19H,8-14H2,1-7H3. The second-order valence-electron chi connectivity index (χ2n) is 8.15. The number of hydrogen-bond donors (Lipinski definition) is 1. The van der Waals surface area contributed by atoms with Gasteiger partial charge in [0.1, 0.15) is 0 Å². The van der Waals surface area contributed by atoms with Crippen LogP contribution in [0.15, 0.2) is 0 Å². The molecule has 0 radical (unpaired) electrons. The number of rotatable bonds is 8. The maximum absolute atomic E-state index is 6.54. The van der Waals surface area contributed by atoms with Crippen LogP contribution in [0.1, 0.15) is 80.6 Å². The van der Waals surface area contributed by atoms with Gasteiger partial charge in [0.05, 0.1) is 0 Å². The molecule has 0 aromatic heterocycles. The Morgan fingerprint density at radius 1 is 0.955 bits per heavy atom. The Bertz CT molecular complexity index is 299. The minimum Gasteiger partial charge on any atom is -0.383 e. The molecule has 1 N–H and O–H groups in total. The topological polar surface area (TPSA) is 30.5 Å². The largest absolute Gasteiger partial charge is 0.429 e. The summed E-state index contributed by atoms with van der Waals surface area (Å²) in [4.78, 5) is 3.86. The Morgan fingerprint density at radius 2 is 1.41 bits per heavy atom. The van der Waals surface area contributed by atoms with Gasteiger partial charge in [0, 0.05) is 24.3 Å². The van der Waals surface area contributed by atoms with Crippen LogP contribution in [0.25, 0.3) is 0 Å². The van der Waals surface area contributed by atoms with Gasteiger partial charge in [-0.05, 0) is 45.4 Å². The van der Waals surface area contributed by atoms with E-state index < -0.39 is 8.72 Å². The van der Waals surface area contributed by atoms with E-state index >= 15 is 0 Å². The molecule has 1 aliphatic carbocycles. The van der Waals surface area contributed by atoms with E-state index in [4.69, 9.17) is 8.85 Å². The van der Waals surface area contributed by atoms with Gasteiger partial charge in [-0.2, -0.15) is 0 Å². The Kier molecular flexibility index (Phi) is 8.07. The van der Waals surface area contributed by atoms with E-state index in [0.717, 1.165) is 26.1 Å². The van der Waals surface area contributed by atoms with Gasteiger partial charge in [-0.3, -0.25) is 4.98 Å². The normalized spacial score (nSPS) is 27.1. The van der Waals surface area contributed by atoms with E-state index in [-0.39, 0.29) is 5.54 Å². The van der Waals surface area contributed by atoms with Crippen LogP contribution in [-0.2, 0) is 8.85 Å². The van der Waals surface area contributed by atoms with E-state index in [1.807, 2.05) is 0 Å². The smallest absolute Gasteiger partial charge is 0.383 e. The van der Waals surface area contributed by atoms with Crippen LogP contribution >= 0.6 is 0 Å². The lowest BCUT2D eigenvalue weighted by molar-refractivity contribution is 0.108. The highest BCUT2D eigenvalue weighted by Crippen LogP contribution is 2.45. The van der Waals surface area contributed by atoms with Crippen molar-refractivity contribution in [3.8, 4) is 0 Å². The fraction of sp³-hybridized carbons (Fsp3) is 1.00. The predicted octanol–water partition coefficient (Wildman–Crippen LogP) is 4.99. The zero-order valence-corrected chi connectivity index (χ0v) is 17.0. The van der Waals surface area contributed by atoms with Gasteiger partial charge in [-0.1, -0.05) is 47.0 Å². The highest BCUT2D eigenvalue weighted by Gasteiger charge is 2.54. The van der Waals surface area contributed by atoms with E-state index in [1.165, 1.54) is 19.3 Å². The zero-order chi connectivity index (χ0) is 16.8. The summed E-state index contributed by atoms with van der Waals surface area (Å²) in [5.74, 6) is 1.36. The summed E-state index contributed by atoms with van der Waals surface area (Å²) in [6.45, 7) is 17.5. The molecule has 2 unspecified atom stereocenters. The fourth-order valence-electron chi connectivity index (χ4n) is 3.85. The monoisotopic (exact) mass is 329 g/mol. The molecule has 132 valence electrons. The Hall–Kier alpha value is 0.0969. The third-order valence-corrected chi connectivity index (χ3v) is 8.95. The molecule has 0 aromatic rings. The molecule has 0 aromatic carbocycles. The highest BCUT2D eigenvalue weighted by molar-refractivity contribution is 6.66. The molecule has 2 atom stereocenters. The summed E-state index contributed by atoms with van der Waals surface area (Å²) in [6.07, 6.45) is 6.05. The van der Waals surface area contributed by atoms with Crippen molar-refractivity contribution < 1.29 is 8.85 Å². The third kappa shape index (κ3) is 5.62. The van der Waals surface area contributed by atoms with Crippen molar-refractivity contribution in [2.45, 2.75) is 91.7 Å². The molecule has 0 aliphatic heterocycles. The first kappa shape index (κ1) is 20.1. The van der Waals surface area contributed by atoms with Crippen LogP contribution in [0.2, 0.25) is 5.54 Å². The second kappa shape index (κ2) is 8.81. The van der Waals surface area contributed by atoms with Gasteiger partial charge in [-0.25, -0.2) is 0 Å². The second-order valence-corrected chi connectivity index (χ2v) is 11.0. The quantitative estimate of drug-likeness (QED) is 0.636. The third-order valence-electron chi connectivity index (χ3n) is 4.57. The maximum Gasteiger partial charge on any atom is 0.429 e. The Balaban J connectivity index is 3.12. The van der Waals surface area contributed by atoms with Gasteiger partial charge >= 0.3 is 8.72 Å². The first-order chi connectivity index (χ1) is 10.3. The van der Waals surface area contributed by atoms with Crippen LogP contribution in [-0.4, -0.2) is 27.5 Å². The van der Waals surface area contributed by atoms with Gasteiger partial charge in [0.2, 0.25) is 0 Å². The molecule has 4 heteroatoms. The molecule has 1 saturated carbocycles. The zero-order valence-electron chi connectivity index (χ0n) is 16.0. The lowest BCUT2D eigenvalue weighted by Crippen LogP contribution is -2.67. The van der Waals surface area contributed by atoms with E-state index in [2.05, 4.69) is 53.4 Å². The van der Waals surface area contributed by atoms with Crippen LogP contribution in [0.5, 0.6) is 0 Å². The Morgan fingerprint density at radius 3 is 1.77 bits per heavy atom. The lowest BCUT2D eigenvalue weighted by atomic mass is 9.83. The predicted molar refractivity (Wildman–Crippen MR) is 97.1 cm³/mol. The summed E-state index contributed by atoms with van der Waals surface area (Å²) >= 11 is 0. The minimum atomic E-state index is -2.45. The first-order valence-electron chi connectivity index (χ1n) is 9.33. The minimum absolute atomic E-state index is 0.0184. The molecule has 1 rings (SSSR count). The van der Waals surface area contributed by atoms with Crippen molar-refractivity contribution in [1.29, 1.82) is 0 Å². The molecule has 0 amide bonds. The van der Waals surface area contributed by atoms with Gasteiger partial charge in [0.15, 0.2) is 0 Å². The lowest BCUT2D eigenvalue weighted by Gasteiger charge is -2.47. The maximum atomic E-state index is 6.54. The number of nitrogens with one attached hydrogen (secondary N) is 1. The molecule has 0 saturated heterocycles. The molecule has 0 bridgehead atoms.